The zero-order valence-electron chi connectivity index (χ0n) is 12.1. The molecule has 0 radical (unpaired) electrons. The Hall–Kier alpha value is -2.96. The van der Waals surface area contributed by atoms with Gasteiger partial charge in [0.2, 0.25) is 0 Å². The van der Waals surface area contributed by atoms with Gasteiger partial charge in [-0.1, -0.05) is 6.92 Å². The Morgan fingerprint density at radius 3 is 2.78 bits per heavy atom. The van der Waals surface area contributed by atoms with Gasteiger partial charge in [0, 0.05) is 35.3 Å². The van der Waals surface area contributed by atoms with Crippen LogP contribution in [0.5, 0.6) is 0 Å². The van der Waals surface area contributed by atoms with Crippen molar-refractivity contribution in [2.24, 2.45) is 0 Å². The molecule has 0 saturated carbocycles. The van der Waals surface area contributed by atoms with E-state index in [1.54, 1.807) is 37.4 Å². The van der Waals surface area contributed by atoms with E-state index in [1.807, 2.05) is 0 Å². The van der Waals surface area contributed by atoms with Crippen LogP contribution in [-0.4, -0.2) is 24.8 Å². The van der Waals surface area contributed by atoms with Crippen molar-refractivity contribution in [3.8, 4) is 0 Å². The number of pyridine rings is 1. The molecular weight excluding hydrogens is 300 g/mol. The van der Waals surface area contributed by atoms with Crippen LogP contribution in [0.3, 0.4) is 0 Å². The van der Waals surface area contributed by atoms with Crippen molar-refractivity contribution in [3.63, 3.8) is 0 Å². The Morgan fingerprint density at radius 1 is 1.09 bits per heavy atom. The summed E-state index contributed by atoms with van der Waals surface area (Å²) < 4.78 is 30.8. The van der Waals surface area contributed by atoms with Crippen molar-refractivity contribution in [2.45, 2.75) is 12.8 Å². The number of rotatable bonds is 2. The third kappa shape index (κ3) is 2.04. The van der Waals surface area contributed by atoms with Crippen LogP contribution < -0.4 is 0 Å². The number of hydrogen-bond acceptors (Lipinski definition) is 4. The first-order valence-corrected chi connectivity index (χ1v) is 7.06. The number of halogens is 2. The normalized spacial score (nSPS) is 12.8. The average molecular weight is 311 g/mol. The topological polar surface area (TPSA) is 56.0 Å². The zero-order chi connectivity index (χ0) is 16.0. The van der Waals surface area contributed by atoms with Crippen molar-refractivity contribution in [2.75, 3.05) is 0 Å². The highest BCUT2D eigenvalue weighted by molar-refractivity contribution is 5.80. The summed E-state index contributed by atoms with van der Waals surface area (Å²) in [5.74, 6) is -1.56. The summed E-state index contributed by atoms with van der Waals surface area (Å²) >= 11 is 0. The molecule has 4 rings (SSSR count). The fourth-order valence-electron chi connectivity index (χ4n) is 2.72. The summed E-state index contributed by atoms with van der Waals surface area (Å²) in [4.78, 5) is 3.99. The van der Waals surface area contributed by atoms with Gasteiger partial charge in [-0.3, -0.25) is 4.98 Å². The van der Waals surface area contributed by atoms with Crippen LogP contribution in [0.15, 0.2) is 42.7 Å². The molecule has 0 N–H and O–H groups in total. The summed E-state index contributed by atoms with van der Waals surface area (Å²) in [5, 5.41) is 12.4. The van der Waals surface area contributed by atoms with E-state index >= 15 is 0 Å². The molecule has 0 saturated heterocycles. The lowest BCUT2D eigenvalue weighted by Crippen LogP contribution is -2.09. The summed E-state index contributed by atoms with van der Waals surface area (Å²) in [6.07, 6.45) is 3.07. The van der Waals surface area contributed by atoms with Crippen molar-refractivity contribution in [1.29, 1.82) is 0 Å². The first-order valence-electron chi connectivity index (χ1n) is 7.06. The Balaban J connectivity index is 1.95. The van der Waals surface area contributed by atoms with Crippen molar-refractivity contribution < 1.29 is 8.78 Å². The van der Waals surface area contributed by atoms with Gasteiger partial charge < -0.3 is 0 Å². The zero-order valence-corrected chi connectivity index (χ0v) is 12.1. The largest absolute Gasteiger partial charge is 0.256 e. The molecule has 0 fully saturated rings. The molecular formula is C16H11F2N5. The Bertz CT molecular complexity index is 1030. The molecule has 0 aliphatic carbocycles. The van der Waals surface area contributed by atoms with E-state index in [0.29, 0.717) is 11.5 Å². The number of benzene rings is 1. The lowest BCUT2D eigenvalue weighted by molar-refractivity contribution is 0.547. The van der Waals surface area contributed by atoms with Gasteiger partial charge in [-0.25, -0.2) is 8.78 Å². The average Bonchev–Trinajstić information content (AvgIpc) is 2.99. The molecule has 114 valence electrons. The molecule has 0 bridgehead atoms. The third-order valence-corrected chi connectivity index (χ3v) is 3.85. The van der Waals surface area contributed by atoms with Crippen LogP contribution in [0.4, 0.5) is 8.78 Å². The van der Waals surface area contributed by atoms with E-state index in [0.717, 1.165) is 0 Å². The van der Waals surface area contributed by atoms with Gasteiger partial charge in [0.25, 0.3) is 0 Å². The highest BCUT2D eigenvalue weighted by Crippen LogP contribution is 2.31. The van der Waals surface area contributed by atoms with Gasteiger partial charge in [0.15, 0.2) is 11.5 Å². The van der Waals surface area contributed by atoms with E-state index in [4.69, 9.17) is 0 Å². The minimum atomic E-state index is -0.658. The fourth-order valence-corrected chi connectivity index (χ4v) is 2.72. The molecule has 0 aliphatic heterocycles. The quantitative estimate of drug-likeness (QED) is 0.571. The van der Waals surface area contributed by atoms with Gasteiger partial charge in [0.1, 0.15) is 11.6 Å². The first kappa shape index (κ1) is 13.7. The van der Waals surface area contributed by atoms with E-state index in [2.05, 4.69) is 20.3 Å². The Labute approximate surface area is 129 Å². The molecule has 0 aliphatic rings. The molecule has 3 aromatic heterocycles. The molecule has 1 aromatic carbocycles. The Kier molecular flexibility index (Phi) is 3.00. The predicted molar refractivity (Wildman–Crippen MR) is 80.0 cm³/mol. The maximum atomic E-state index is 14.8. The van der Waals surface area contributed by atoms with Crippen LogP contribution >= 0.6 is 0 Å². The van der Waals surface area contributed by atoms with Gasteiger partial charge in [-0.2, -0.15) is 9.61 Å². The van der Waals surface area contributed by atoms with Crippen LogP contribution in [-0.2, 0) is 0 Å². The lowest BCUT2D eigenvalue weighted by atomic mass is 9.97. The molecule has 7 heteroatoms. The van der Waals surface area contributed by atoms with Crippen LogP contribution in [0.25, 0.3) is 16.6 Å². The summed E-state index contributed by atoms with van der Waals surface area (Å²) in [7, 11) is 0. The Morgan fingerprint density at radius 2 is 1.91 bits per heavy atom. The second-order valence-corrected chi connectivity index (χ2v) is 5.23. The van der Waals surface area contributed by atoms with Gasteiger partial charge in [0.05, 0.1) is 5.52 Å². The summed E-state index contributed by atoms with van der Waals surface area (Å²) in [6.45, 7) is 1.68. The van der Waals surface area contributed by atoms with Crippen molar-refractivity contribution >= 4 is 16.6 Å². The molecule has 3 heterocycles. The number of fused-ring (bicyclic) bond motifs is 2. The fraction of sp³-hybridized carbons (Fsp3) is 0.125. The van der Waals surface area contributed by atoms with Crippen LogP contribution in [0.1, 0.15) is 24.2 Å². The third-order valence-electron chi connectivity index (χ3n) is 3.85. The predicted octanol–water partition coefficient (Wildman–Crippen LogP) is 3.10. The standard InChI is InChI=1S/C16H11F2N5/c1-9(16-22-21-13-5-3-7-20-23(13)16)14-11(17)8-12-10(15(14)18)4-2-6-19-12/h2-9H,1H3. The number of aromatic nitrogens is 5. The molecule has 0 amide bonds. The maximum Gasteiger partial charge on any atom is 0.177 e. The van der Waals surface area contributed by atoms with Crippen molar-refractivity contribution in [3.05, 3.63) is 65.7 Å². The smallest absolute Gasteiger partial charge is 0.177 e. The minimum Gasteiger partial charge on any atom is -0.256 e. The molecule has 5 nitrogen and oxygen atoms in total. The van der Waals surface area contributed by atoms with E-state index in [-0.39, 0.29) is 16.5 Å². The summed E-state index contributed by atoms with van der Waals surface area (Å²) in [5.41, 5.74) is 0.741. The molecule has 1 unspecified atom stereocenters. The van der Waals surface area contributed by atoms with Crippen LogP contribution in [0, 0.1) is 11.6 Å². The van der Waals surface area contributed by atoms with E-state index < -0.39 is 17.6 Å². The lowest BCUT2D eigenvalue weighted by Gasteiger charge is -2.13. The minimum absolute atomic E-state index is 0.0644. The van der Waals surface area contributed by atoms with Gasteiger partial charge in [-0.05, 0) is 24.3 Å². The van der Waals surface area contributed by atoms with Gasteiger partial charge in [-0.15, -0.1) is 10.2 Å². The first-order chi connectivity index (χ1) is 11.2. The van der Waals surface area contributed by atoms with Crippen LogP contribution in [0.2, 0.25) is 0 Å². The second-order valence-electron chi connectivity index (χ2n) is 5.23. The highest BCUT2D eigenvalue weighted by atomic mass is 19.1. The monoisotopic (exact) mass is 311 g/mol. The SMILES string of the molecule is CC(c1c(F)cc2ncccc2c1F)c1nnc2cccnn12. The van der Waals surface area contributed by atoms with E-state index in [1.165, 1.54) is 16.8 Å². The molecule has 0 spiro atoms. The van der Waals surface area contributed by atoms with E-state index in [9.17, 15) is 8.78 Å². The summed E-state index contributed by atoms with van der Waals surface area (Å²) in [6, 6.07) is 7.88. The highest BCUT2D eigenvalue weighted by Gasteiger charge is 2.25. The molecule has 23 heavy (non-hydrogen) atoms. The number of hydrogen-bond donors (Lipinski definition) is 0. The number of nitrogens with zero attached hydrogens (tertiary/aromatic N) is 5. The van der Waals surface area contributed by atoms with Crippen molar-refractivity contribution in [1.82, 2.24) is 24.8 Å². The van der Waals surface area contributed by atoms with Gasteiger partial charge >= 0.3 is 0 Å². The maximum absolute atomic E-state index is 14.8. The molecule has 4 aromatic rings. The second kappa shape index (κ2) is 5.05. The molecule has 1 atom stereocenters.